The zero-order valence-corrected chi connectivity index (χ0v) is 10.4. The lowest BCUT2D eigenvalue weighted by Crippen LogP contribution is -2.52. The number of fused-ring (bicyclic) bond motifs is 1. The van der Waals surface area contributed by atoms with Gasteiger partial charge in [0, 0.05) is 31.9 Å². The second kappa shape index (κ2) is 4.46. The molecule has 0 aromatic heterocycles. The molecule has 0 spiro atoms. The number of benzene rings is 1. The molecule has 2 amide bonds. The molecular weight excluding hydrogens is 246 g/mol. The zero-order valence-electron chi connectivity index (χ0n) is 10.4. The molecule has 2 aliphatic rings. The minimum Gasteiger partial charge on any atom is -0.478 e. The maximum absolute atomic E-state index is 11.5. The molecule has 2 aliphatic heterocycles. The third-order valence-corrected chi connectivity index (χ3v) is 3.71. The van der Waals surface area contributed by atoms with Gasteiger partial charge in [0.05, 0.1) is 11.6 Å². The van der Waals surface area contributed by atoms with Crippen LogP contribution in [0.2, 0.25) is 0 Å². The summed E-state index contributed by atoms with van der Waals surface area (Å²) in [5, 5.41) is 11.7. The molecule has 1 aromatic rings. The molecule has 2 heterocycles. The van der Waals surface area contributed by atoms with E-state index in [1.165, 1.54) is 0 Å². The van der Waals surface area contributed by atoms with Gasteiger partial charge in [-0.15, -0.1) is 0 Å². The molecule has 1 atom stereocenters. The van der Waals surface area contributed by atoms with Crippen molar-refractivity contribution in [1.82, 2.24) is 10.2 Å². The van der Waals surface area contributed by atoms with Gasteiger partial charge in [-0.1, -0.05) is 0 Å². The van der Waals surface area contributed by atoms with E-state index in [2.05, 4.69) is 10.2 Å². The quantitative estimate of drug-likeness (QED) is 0.817. The van der Waals surface area contributed by atoms with E-state index in [9.17, 15) is 9.59 Å². The van der Waals surface area contributed by atoms with Crippen LogP contribution >= 0.6 is 0 Å². The van der Waals surface area contributed by atoms with Crippen molar-refractivity contribution in [2.24, 2.45) is 0 Å². The summed E-state index contributed by atoms with van der Waals surface area (Å²) in [6.45, 7) is 2.95. The Labute approximate surface area is 110 Å². The van der Waals surface area contributed by atoms with Crippen molar-refractivity contribution in [1.29, 1.82) is 0 Å². The minimum absolute atomic E-state index is 0.0193. The molecule has 3 rings (SSSR count). The summed E-state index contributed by atoms with van der Waals surface area (Å²) in [7, 11) is 0. The van der Waals surface area contributed by atoms with Crippen molar-refractivity contribution in [2.75, 3.05) is 31.1 Å². The largest absolute Gasteiger partial charge is 0.478 e. The Bertz CT molecular complexity index is 514. The van der Waals surface area contributed by atoms with Crippen molar-refractivity contribution < 1.29 is 14.7 Å². The molecule has 6 heteroatoms. The van der Waals surface area contributed by atoms with E-state index in [1.807, 2.05) is 17.0 Å². The Balaban J connectivity index is 1.73. The van der Waals surface area contributed by atoms with E-state index in [0.717, 1.165) is 18.8 Å². The van der Waals surface area contributed by atoms with Gasteiger partial charge in [-0.05, 0) is 24.3 Å². The van der Waals surface area contributed by atoms with Gasteiger partial charge in [-0.2, -0.15) is 0 Å². The van der Waals surface area contributed by atoms with Crippen LogP contribution in [0.5, 0.6) is 0 Å². The van der Waals surface area contributed by atoms with Crippen molar-refractivity contribution in [3.63, 3.8) is 0 Å². The van der Waals surface area contributed by atoms with Gasteiger partial charge >= 0.3 is 12.0 Å². The van der Waals surface area contributed by atoms with E-state index in [1.54, 1.807) is 12.1 Å². The highest BCUT2D eigenvalue weighted by atomic mass is 16.4. The van der Waals surface area contributed by atoms with Gasteiger partial charge in [0.15, 0.2) is 0 Å². The molecule has 1 aromatic carbocycles. The Kier molecular flexibility index (Phi) is 2.77. The smallest absolute Gasteiger partial charge is 0.335 e. The Morgan fingerprint density at radius 3 is 2.68 bits per heavy atom. The summed E-state index contributed by atoms with van der Waals surface area (Å²) in [4.78, 5) is 26.4. The predicted octanol–water partition coefficient (Wildman–Crippen LogP) is 0.599. The Morgan fingerprint density at radius 1 is 1.26 bits per heavy atom. The van der Waals surface area contributed by atoms with Crippen LogP contribution in [0.4, 0.5) is 10.5 Å². The third-order valence-electron chi connectivity index (χ3n) is 3.71. The standard InChI is InChI=1S/C13H15N3O3/c17-12(18)9-1-3-10(4-2-9)15-5-6-16-11(8-15)7-14-13(16)19/h1-4,11H,5-8H2,(H,14,19)(H,17,18). The lowest BCUT2D eigenvalue weighted by molar-refractivity contribution is 0.0697. The van der Waals surface area contributed by atoms with Crippen LogP contribution in [0.1, 0.15) is 10.4 Å². The topological polar surface area (TPSA) is 72.9 Å². The van der Waals surface area contributed by atoms with Crippen molar-refractivity contribution in [3.05, 3.63) is 29.8 Å². The first-order chi connectivity index (χ1) is 9.15. The van der Waals surface area contributed by atoms with Crippen molar-refractivity contribution in [2.45, 2.75) is 6.04 Å². The number of amides is 2. The van der Waals surface area contributed by atoms with E-state index in [4.69, 9.17) is 5.11 Å². The number of carbonyl (C=O) groups is 2. The number of nitrogens with zero attached hydrogens (tertiary/aromatic N) is 2. The fourth-order valence-electron chi connectivity index (χ4n) is 2.65. The number of rotatable bonds is 2. The number of aromatic carboxylic acids is 1. The first-order valence-electron chi connectivity index (χ1n) is 6.28. The molecule has 0 radical (unpaired) electrons. The maximum Gasteiger partial charge on any atom is 0.335 e. The fraction of sp³-hybridized carbons (Fsp3) is 0.385. The van der Waals surface area contributed by atoms with E-state index < -0.39 is 5.97 Å². The maximum atomic E-state index is 11.5. The Hall–Kier alpha value is -2.24. The number of carboxylic acid groups (broad SMARTS) is 1. The number of carbonyl (C=O) groups excluding carboxylic acids is 1. The predicted molar refractivity (Wildman–Crippen MR) is 69.5 cm³/mol. The van der Waals surface area contributed by atoms with Crippen LogP contribution < -0.4 is 10.2 Å². The second-order valence-corrected chi connectivity index (χ2v) is 4.83. The number of nitrogens with one attached hydrogen (secondary N) is 1. The lowest BCUT2D eigenvalue weighted by atomic mass is 10.1. The van der Waals surface area contributed by atoms with Crippen molar-refractivity contribution in [3.8, 4) is 0 Å². The number of hydrogen-bond donors (Lipinski definition) is 2. The normalized spacial score (nSPS) is 22.1. The van der Waals surface area contributed by atoms with Crippen LogP contribution in [0.3, 0.4) is 0 Å². The van der Waals surface area contributed by atoms with Crippen LogP contribution in [-0.2, 0) is 0 Å². The molecule has 0 bridgehead atoms. The van der Waals surface area contributed by atoms with Gasteiger partial charge in [-0.25, -0.2) is 9.59 Å². The van der Waals surface area contributed by atoms with Gasteiger partial charge in [0.1, 0.15) is 0 Å². The first kappa shape index (κ1) is 11.8. The number of piperazine rings is 1. The van der Waals surface area contributed by atoms with Gasteiger partial charge in [0.2, 0.25) is 0 Å². The monoisotopic (exact) mass is 261 g/mol. The number of carboxylic acids is 1. The molecule has 1 unspecified atom stereocenters. The highest BCUT2D eigenvalue weighted by Crippen LogP contribution is 2.21. The molecule has 2 saturated heterocycles. The minimum atomic E-state index is -0.915. The summed E-state index contributed by atoms with van der Waals surface area (Å²) in [5.41, 5.74) is 1.30. The molecule has 19 heavy (non-hydrogen) atoms. The third kappa shape index (κ3) is 2.09. The van der Waals surface area contributed by atoms with Crippen LogP contribution in [0.25, 0.3) is 0 Å². The summed E-state index contributed by atoms with van der Waals surface area (Å²) in [6, 6.07) is 7.10. The molecular formula is C13H15N3O3. The molecule has 2 N–H and O–H groups in total. The van der Waals surface area contributed by atoms with Gasteiger partial charge < -0.3 is 20.2 Å². The molecule has 6 nitrogen and oxygen atoms in total. The second-order valence-electron chi connectivity index (χ2n) is 4.83. The highest BCUT2D eigenvalue weighted by Gasteiger charge is 2.35. The summed E-state index contributed by atoms with van der Waals surface area (Å²) < 4.78 is 0. The van der Waals surface area contributed by atoms with Crippen molar-refractivity contribution >= 4 is 17.7 Å². The highest BCUT2D eigenvalue weighted by molar-refractivity contribution is 5.88. The SMILES string of the molecule is O=C(O)c1ccc(N2CCN3C(=O)NCC3C2)cc1. The number of anilines is 1. The average molecular weight is 261 g/mol. The van der Waals surface area contributed by atoms with E-state index in [0.29, 0.717) is 18.7 Å². The van der Waals surface area contributed by atoms with E-state index in [-0.39, 0.29) is 12.1 Å². The first-order valence-corrected chi connectivity index (χ1v) is 6.28. The van der Waals surface area contributed by atoms with Gasteiger partial charge in [0.25, 0.3) is 0 Å². The fourth-order valence-corrected chi connectivity index (χ4v) is 2.65. The van der Waals surface area contributed by atoms with Crippen LogP contribution in [0, 0.1) is 0 Å². The molecule has 0 saturated carbocycles. The Morgan fingerprint density at radius 2 is 2.00 bits per heavy atom. The lowest BCUT2D eigenvalue weighted by Gasteiger charge is -2.37. The molecule has 2 fully saturated rings. The van der Waals surface area contributed by atoms with Crippen LogP contribution in [-0.4, -0.2) is 54.2 Å². The van der Waals surface area contributed by atoms with Gasteiger partial charge in [-0.3, -0.25) is 0 Å². The molecule has 100 valence electrons. The zero-order chi connectivity index (χ0) is 13.4. The molecule has 0 aliphatic carbocycles. The van der Waals surface area contributed by atoms with E-state index >= 15 is 0 Å². The number of urea groups is 1. The summed E-state index contributed by atoms with van der Waals surface area (Å²) in [5.74, 6) is -0.915. The van der Waals surface area contributed by atoms with Crippen LogP contribution in [0.15, 0.2) is 24.3 Å². The summed E-state index contributed by atoms with van der Waals surface area (Å²) >= 11 is 0. The summed E-state index contributed by atoms with van der Waals surface area (Å²) in [6.07, 6.45) is 0. The number of hydrogen-bond acceptors (Lipinski definition) is 3. The average Bonchev–Trinajstić information content (AvgIpc) is 2.80.